The van der Waals surface area contributed by atoms with Gasteiger partial charge in [0.25, 0.3) is 0 Å². The molecule has 0 saturated carbocycles. The fraction of sp³-hybridized carbons (Fsp3) is 0.778. The standard InChI is InChI=1S/C9H16O3/c1-2-3-4-5-6-7-12-9(11)8-10/h8H,2-7H2,1H3. The number of esters is 1. The van der Waals surface area contributed by atoms with Crippen LogP contribution in [0, 0.1) is 0 Å². The number of unbranched alkanes of at least 4 members (excludes halogenated alkanes) is 4. The summed E-state index contributed by atoms with van der Waals surface area (Å²) in [6.07, 6.45) is 5.73. The molecule has 12 heavy (non-hydrogen) atoms. The highest BCUT2D eigenvalue weighted by Gasteiger charge is 1.97. The molecular formula is C9H16O3. The SMILES string of the molecule is CCCCCCCOC(=O)C=O. The Morgan fingerprint density at radius 3 is 2.50 bits per heavy atom. The summed E-state index contributed by atoms with van der Waals surface area (Å²) < 4.78 is 4.56. The van der Waals surface area contributed by atoms with Crippen molar-refractivity contribution in [2.24, 2.45) is 0 Å². The van der Waals surface area contributed by atoms with E-state index >= 15 is 0 Å². The summed E-state index contributed by atoms with van der Waals surface area (Å²) in [6.45, 7) is 2.52. The molecule has 3 heteroatoms. The van der Waals surface area contributed by atoms with Crippen molar-refractivity contribution in [3.05, 3.63) is 0 Å². The van der Waals surface area contributed by atoms with Gasteiger partial charge in [-0.15, -0.1) is 0 Å². The van der Waals surface area contributed by atoms with E-state index in [4.69, 9.17) is 0 Å². The third-order valence-electron chi connectivity index (χ3n) is 1.59. The lowest BCUT2D eigenvalue weighted by Gasteiger charge is -1.99. The molecule has 0 aliphatic heterocycles. The molecule has 0 unspecified atom stereocenters. The molecule has 0 saturated heterocycles. The molecule has 0 atom stereocenters. The van der Waals surface area contributed by atoms with Crippen LogP contribution in [0.15, 0.2) is 0 Å². The zero-order valence-electron chi connectivity index (χ0n) is 7.54. The molecule has 0 aromatic heterocycles. The summed E-state index contributed by atoms with van der Waals surface area (Å²) in [5.74, 6) is -0.759. The van der Waals surface area contributed by atoms with Gasteiger partial charge >= 0.3 is 5.97 Å². The van der Waals surface area contributed by atoms with Gasteiger partial charge in [-0.1, -0.05) is 32.6 Å². The Hall–Kier alpha value is -0.860. The van der Waals surface area contributed by atoms with Crippen molar-refractivity contribution in [3.63, 3.8) is 0 Å². The summed E-state index contributed by atoms with van der Waals surface area (Å²) in [7, 11) is 0. The van der Waals surface area contributed by atoms with E-state index < -0.39 is 5.97 Å². The molecule has 0 aliphatic rings. The lowest BCUT2D eigenvalue weighted by molar-refractivity contribution is -0.148. The van der Waals surface area contributed by atoms with Crippen molar-refractivity contribution in [2.75, 3.05) is 6.61 Å². The topological polar surface area (TPSA) is 43.4 Å². The van der Waals surface area contributed by atoms with E-state index in [-0.39, 0.29) is 6.29 Å². The van der Waals surface area contributed by atoms with Crippen LogP contribution in [0.5, 0.6) is 0 Å². The molecule has 0 fully saturated rings. The quantitative estimate of drug-likeness (QED) is 0.254. The number of aldehydes is 1. The predicted molar refractivity (Wildman–Crippen MR) is 45.8 cm³/mol. The zero-order chi connectivity index (χ0) is 9.23. The van der Waals surface area contributed by atoms with E-state index in [1.807, 2.05) is 0 Å². The molecule has 0 radical (unpaired) electrons. The first-order valence-electron chi connectivity index (χ1n) is 4.43. The van der Waals surface area contributed by atoms with Crippen molar-refractivity contribution in [1.82, 2.24) is 0 Å². The molecule has 3 nitrogen and oxygen atoms in total. The molecule has 0 N–H and O–H groups in total. The third kappa shape index (κ3) is 7.25. The Morgan fingerprint density at radius 1 is 1.25 bits per heavy atom. The summed E-state index contributed by atoms with van der Waals surface area (Å²) in [6, 6.07) is 0. The lowest BCUT2D eigenvalue weighted by atomic mass is 10.2. The Bertz CT molecular complexity index is 132. The predicted octanol–water partition coefficient (Wildman–Crippen LogP) is 1.70. The maximum absolute atomic E-state index is 10.3. The van der Waals surface area contributed by atoms with Crippen molar-refractivity contribution in [1.29, 1.82) is 0 Å². The van der Waals surface area contributed by atoms with Gasteiger partial charge in [0.2, 0.25) is 6.29 Å². The molecule has 0 bridgehead atoms. The van der Waals surface area contributed by atoms with Crippen molar-refractivity contribution >= 4 is 12.3 Å². The maximum atomic E-state index is 10.3. The van der Waals surface area contributed by atoms with Gasteiger partial charge in [-0.2, -0.15) is 0 Å². The van der Waals surface area contributed by atoms with Crippen LogP contribution in [0.1, 0.15) is 39.0 Å². The van der Waals surface area contributed by atoms with Gasteiger partial charge in [0.05, 0.1) is 6.61 Å². The highest BCUT2D eigenvalue weighted by molar-refractivity contribution is 6.20. The molecular weight excluding hydrogens is 156 g/mol. The van der Waals surface area contributed by atoms with E-state index in [1.54, 1.807) is 0 Å². The van der Waals surface area contributed by atoms with Crippen LogP contribution in [0.2, 0.25) is 0 Å². The number of hydrogen-bond donors (Lipinski definition) is 0. The first-order valence-corrected chi connectivity index (χ1v) is 4.43. The number of ether oxygens (including phenoxy) is 1. The number of carbonyl (C=O) groups excluding carboxylic acids is 2. The second kappa shape index (κ2) is 8.24. The van der Waals surface area contributed by atoms with E-state index in [0.717, 1.165) is 12.8 Å². The van der Waals surface area contributed by atoms with Crippen LogP contribution in [0.4, 0.5) is 0 Å². The average Bonchev–Trinajstić information content (AvgIpc) is 2.10. The minimum Gasteiger partial charge on any atom is -0.460 e. The van der Waals surface area contributed by atoms with E-state index in [2.05, 4.69) is 11.7 Å². The maximum Gasteiger partial charge on any atom is 0.371 e. The smallest absolute Gasteiger partial charge is 0.371 e. The Kier molecular flexibility index (Phi) is 7.65. The second-order valence-corrected chi connectivity index (χ2v) is 2.70. The molecule has 0 heterocycles. The Morgan fingerprint density at radius 2 is 1.92 bits per heavy atom. The summed E-state index contributed by atoms with van der Waals surface area (Å²) >= 11 is 0. The third-order valence-corrected chi connectivity index (χ3v) is 1.59. The fourth-order valence-electron chi connectivity index (χ4n) is 0.912. The number of hydrogen-bond acceptors (Lipinski definition) is 3. The minimum atomic E-state index is -0.759. The molecule has 0 aliphatic carbocycles. The van der Waals surface area contributed by atoms with E-state index in [1.165, 1.54) is 19.3 Å². The molecule has 70 valence electrons. The Balaban J connectivity index is 3.00. The highest BCUT2D eigenvalue weighted by atomic mass is 16.5. The van der Waals surface area contributed by atoms with E-state index in [0.29, 0.717) is 6.61 Å². The van der Waals surface area contributed by atoms with Gasteiger partial charge in [-0.25, -0.2) is 4.79 Å². The van der Waals surface area contributed by atoms with Gasteiger partial charge in [0, 0.05) is 0 Å². The van der Waals surface area contributed by atoms with Gasteiger partial charge in [0.15, 0.2) is 0 Å². The van der Waals surface area contributed by atoms with E-state index in [9.17, 15) is 9.59 Å². The zero-order valence-corrected chi connectivity index (χ0v) is 7.54. The van der Waals surface area contributed by atoms with Gasteiger partial charge in [-0.05, 0) is 6.42 Å². The molecule has 0 rings (SSSR count). The molecule has 0 aromatic carbocycles. The van der Waals surface area contributed by atoms with Gasteiger partial charge < -0.3 is 4.74 Å². The summed E-state index contributed by atoms with van der Waals surface area (Å²) in [5.41, 5.74) is 0. The van der Waals surface area contributed by atoms with Crippen LogP contribution in [-0.4, -0.2) is 18.9 Å². The van der Waals surface area contributed by atoms with Crippen molar-refractivity contribution in [3.8, 4) is 0 Å². The van der Waals surface area contributed by atoms with Crippen LogP contribution in [0.3, 0.4) is 0 Å². The highest BCUT2D eigenvalue weighted by Crippen LogP contribution is 2.01. The van der Waals surface area contributed by atoms with Gasteiger partial charge in [-0.3, -0.25) is 4.79 Å². The van der Waals surface area contributed by atoms with Gasteiger partial charge in [0.1, 0.15) is 0 Å². The summed E-state index contributed by atoms with van der Waals surface area (Å²) in [5, 5.41) is 0. The first-order chi connectivity index (χ1) is 5.81. The molecule has 0 spiro atoms. The first kappa shape index (κ1) is 11.1. The fourth-order valence-corrected chi connectivity index (χ4v) is 0.912. The second-order valence-electron chi connectivity index (χ2n) is 2.70. The molecule has 0 amide bonds. The number of carbonyl (C=O) groups is 2. The lowest BCUT2D eigenvalue weighted by Crippen LogP contribution is -2.06. The largest absolute Gasteiger partial charge is 0.460 e. The van der Waals surface area contributed by atoms with Crippen molar-refractivity contribution < 1.29 is 14.3 Å². The van der Waals surface area contributed by atoms with Crippen LogP contribution in [-0.2, 0) is 14.3 Å². The normalized spacial score (nSPS) is 9.42. The monoisotopic (exact) mass is 172 g/mol. The minimum absolute atomic E-state index is 0.200. The molecule has 0 aromatic rings. The van der Waals surface area contributed by atoms with Crippen LogP contribution < -0.4 is 0 Å². The summed E-state index contributed by atoms with van der Waals surface area (Å²) in [4.78, 5) is 20.1. The number of rotatable bonds is 7. The van der Waals surface area contributed by atoms with Crippen LogP contribution >= 0.6 is 0 Å². The average molecular weight is 172 g/mol. The Labute approximate surface area is 73.1 Å². The van der Waals surface area contributed by atoms with Crippen molar-refractivity contribution in [2.45, 2.75) is 39.0 Å². The van der Waals surface area contributed by atoms with Crippen LogP contribution in [0.25, 0.3) is 0 Å².